The van der Waals surface area contributed by atoms with Crippen molar-refractivity contribution in [3.8, 4) is 0 Å². The van der Waals surface area contributed by atoms with Crippen LogP contribution in [-0.2, 0) is 0 Å². The van der Waals surface area contributed by atoms with Crippen molar-refractivity contribution in [2.45, 2.75) is 274 Å². The number of amidine groups is 1. The maximum atomic E-state index is 10.7. The van der Waals surface area contributed by atoms with Gasteiger partial charge in [0.2, 0.25) is 11.1 Å². The number of nitrogens with zero attached hydrogens (tertiary/aromatic N) is 11. The lowest BCUT2D eigenvalue weighted by atomic mass is 10.1. The van der Waals surface area contributed by atoms with Gasteiger partial charge < -0.3 is 15.4 Å². The molecule has 7 rings (SSSR count). The predicted molar refractivity (Wildman–Crippen MR) is 345 cm³/mol. The smallest absolute Gasteiger partial charge is 0.248 e. The number of aliphatic imine (C=N–C) groups is 1. The molecule has 21 heteroatoms. The van der Waals surface area contributed by atoms with Crippen molar-refractivity contribution < 1.29 is 0 Å². The fourth-order valence-corrected chi connectivity index (χ4v) is 4.08. The van der Waals surface area contributed by atoms with Crippen molar-refractivity contribution in [2.24, 2.45) is 10.9 Å². The minimum absolute atomic E-state index is 0.0220. The normalized spacial score (nSPS) is 10.0. The van der Waals surface area contributed by atoms with E-state index in [1.165, 1.54) is 57.6 Å². The lowest BCUT2D eigenvalue weighted by molar-refractivity contribution is 0.707. The van der Waals surface area contributed by atoms with Crippen LogP contribution in [0, 0.1) is 5.92 Å². The summed E-state index contributed by atoms with van der Waals surface area (Å²) in [5, 5.41) is 39.6. The van der Waals surface area contributed by atoms with Crippen molar-refractivity contribution >= 4 is 5.84 Å². The first-order chi connectivity index (χ1) is 38.3. The summed E-state index contributed by atoms with van der Waals surface area (Å²) >= 11 is 0. The molecule has 0 bridgehead atoms. The molecule has 0 atom stereocenters. The van der Waals surface area contributed by atoms with Crippen molar-refractivity contribution in [2.75, 3.05) is 6.67 Å². The first-order valence-corrected chi connectivity index (χ1v) is 29.9. The summed E-state index contributed by atoms with van der Waals surface area (Å²) < 4.78 is 0. The molecule has 0 saturated carbocycles. The number of nitrogens with one attached hydrogen (secondary N) is 8. The van der Waals surface area contributed by atoms with Gasteiger partial charge in [0.15, 0.2) is 11.6 Å². The van der Waals surface area contributed by atoms with E-state index < -0.39 is 0 Å². The Hall–Kier alpha value is -6.25. The van der Waals surface area contributed by atoms with Crippen LogP contribution < -0.4 is 22.0 Å². The van der Waals surface area contributed by atoms with Gasteiger partial charge in [-0.05, 0) is 35.1 Å². The van der Waals surface area contributed by atoms with Crippen molar-refractivity contribution in [3.05, 3.63) is 104 Å². The molecule has 6 aromatic heterocycles. The molecule has 470 valence electrons. The van der Waals surface area contributed by atoms with E-state index in [1.807, 2.05) is 39.8 Å². The molecular formula is C60H123N19O2. The van der Waals surface area contributed by atoms with E-state index in [0.29, 0.717) is 48.1 Å². The molecule has 0 unspecified atom stereocenters. The molecule has 0 saturated heterocycles. The minimum Gasteiger partial charge on any atom is -0.329 e. The average Bonchev–Trinajstić information content (AvgIpc) is 4.27. The Kier molecular flexibility index (Phi) is 72.5. The summed E-state index contributed by atoms with van der Waals surface area (Å²) in [6.45, 7) is 59.3. The number of aromatic amines is 6. The number of hydrogen-bond donors (Lipinski definition) is 8. The molecule has 0 aromatic carbocycles. The molecule has 1 aliphatic heterocycles. The van der Waals surface area contributed by atoms with Gasteiger partial charge in [0.05, 0.1) is 0 Å². The number of rotatable bonds is 7. The largest absolute Gasteiger partial charge is 0.329 e. The van der Waals surface area contributed by atoms with Crippen LogP contribution in [0.3, 0.4) is 0 Å². The van der Waals surface area contributed by atoms with Crippen LogP contribution >= 0.6 is 0 Å². The van der Waals surface area contributed by atoms with Gasteiger partial charge in [0.25, 0.3) is 0 Å². The zero-order chi connectivity index (χ0) is 64.0. The topological polar surface area (TPSA) is 294 Å². The van der Waals surface area contributed by atoms with Crippen LogP contribution in [0.5, 0.6) is 0 Å². The standard InChI is InChI=1S/2C8H11NO.C5H11N3.2C5H9N3.2C4H8N4.7C3H8/c2*1-6(2)7-3-4-9-8(10)5-7;3*1-4(2)5-6-3-7-8-5;2*1-3(2)4-5-7-8-6-4;7*1-3-2/h2*3-6H,1-2H3,(H,9,10);4,7H,3H2,1-2H3,(H,6,8);2*3-4H,1-2H3,(H,6,7,8);2*3H,1-2H3,(H,5,6,7,8);7*3H2,1-2H3. The molecular weight excluding hydrogens is 1020 g/mol. The van der Waals surface area contributed by atoms with Gasteiger partial charge >= 0.3 is 0 Å². The highest BCUT2D eigenvalue weighted by Crippen LogP contribution is 2.10. The third kappa shape index (κ3) is 64.5. The SMILES string of the molecule is CC(C)C1=NCNN1.CC(C)c1cc[nH]c(=O)c1.CC(C)c1cc[nH]c(=O)c1.CC(C)c1ncn[nH]1.CC(C)c1ncn[nH]1.CC(C)c1nn[nH]n1.CC(C)c1nn[nH]n1.CCC.CCC.CCC.CCC.CCC.CCC.CCC. The summed E-state index contributed by atoms with van der Waals surface area (Å²) in [5.41, 5.74) is 7.99. The lowest BCUT2D eigenvalue weighted by Gasteiger charge is -2.02. The Bertz CT molecular complexity index is 1930. The molecule has 0 aliphatic carbocycles. The van der Waals surface area contributed by atoms with Crippen LogP contribution in [0.25, 0.3) is 0 Å². The van der Waals surface area contributed by atoms with Gasteiger partial charge in [-0.3, -0.25) is 24.8 Å². The maximum absolute atomic E-state index is 10.7. The monoisotopic (exact) mass is 1140 g/mol. The van der Waals surface area contributed by atoms with Gasteiger partial charge in [-0.25, -0.2) is 15.4 Å². The highest BCUT2D eigenvalue weighted by atomic mass is 16.1. The molecule has 0 radical (unpaired) electrons. The average molecular weight is 1140 g/mol. The third-order valence-electron chi connectivity index (χ3n) is 7.74. The van der Waals surface area contributed by atoms with Gasteiger partial charge in [0.1, 0.15) is 36.8 Å². The molecule has 7 heterocycles. The molecule has 0 amide bonds. The molecule has 1 aliphatic rings. The van der Waals surface area contributed by atoms with E-state index in [2.05, 4.69) is 264 Å². The van der Waals surface area contributed by atoms with Crippen LogP contribution in [0.2, 0.25) is 0 Å². The lowest BCUT2D eigenvalue weighted by Crippen LogP contribution is -2.32. The van der Waals surface area contributed by atoms with E-state index >= 15 is 0 Å². The first-order valence-electron chi connectivity index (χ1n) is 29.9. The molecule has 0 fully saturated rings. The van der Waals surface area contributed by atoms with Gasteiger partial charge in [-0.1, -0.05) is 249 Å². The second kappa shape index (κ2) is 66.3. The minimum atomic E-state index is -0.0220. The third-order valence-corrected chi connectivity index (χ3v) is 7.74. The first kappa shape index (κ1) is 88.6. The fraction of sp³-hybridized carbons (Fsp3) is 0.717. The Morgan fingerprint density at radius 3 is 0.864 bits per heavy atom. The van der Waals surface area contributed by atoms with Crippen LogP contribution in [0.4, 0.5) is 0 Å². The van der Waals surface area contributed by atoms with Crippen LogP contribution in [-0.4, -0.2) is 94.1 Å². The summed E-state index contributed by atoms with van der Waals surface area (Å²) in [4.78, 5) is 38.6. The Balaban J connectivity index is -0.000000149. The van der Waals surface area contributed by atoms with E-state index in [4.69, 9.17) is 0 Å². The number of H-pyrrole nitrogens is 6. The number of pyridine rings is 2. The summed E-state index contributed by atoms with van der Waals surface area (Å²) in [6.07, 6.45) is 15.2. The summed E-state index contributed by atoms with van der Waals surface area (Å²) in [7, 11) is 0. The molecule has 21 nitrogen and oxygen atoms in total. The zero-order valence-corrected chi connectivity index (χ0v) is 56.6. The fourth-order valence-electron chi connectivity index (χ4n) is 4.08. The van der Waals surface area contributed by atoms with Crippen LogP contribution in [0.15, 0.2) is 63.9 Å². The van der Waals surface area contributed by atoms with Crippen LogP contribution in [0.1, 0.15) is 309 Å². The number of aromatic nitrogens is 16. The molecule has 8 N–H and O–H groups in total. The van der Waals surface area contributed by atoms with Crippen molar-refractivity contribution in [1.29, 1.82) is 0 Å². The number of hydrazine groups is 1. The Morgan fingerprint density at radius 2 is 0.741 bits per heavy atom. The van der Waals surface area contributed by atoms with Gasteiger partial charge in [-0.15, -0.1) is 20.4 Å². The van der Waals surface area contributed by atoms with E-state index in [9.17, 15) is 9.59 Å². The van der Waals surface area contributed by atoms with Gasteiger partial charge in [0, 0.05) is 54.1 Å². The number of hydrogen-bond acceptors (Lipinski definition) is 15. The van der Waals surface area contributed by atoms with Crippen molar-refractivity contribution in [1.82, 2.24) is 92.4 Å². The summed E-state index contributed by atoms with van der Waals surface area (Å²) in [5.74, 6) is 7.53. The number of tetrazole rings is 2. The quantitative estimate of drug-likeness (QED) is 0.0738. The predicted octanol–water partition coefficient (Wildman–Crippen LogP) is 15.5. The second-order valence-electron chi connectivity index (χ2n) is 20.3. The molecule has 81 heavy (non-hydrogen) atoms. The van der Waals surface area contributed by atoms with E-state index in [-0.39, 0.29) is 11.1 Å². The van der Waals surface area contributed by atoms with E-state index in [1.54, 1.807) is 24.5 Å². The highest BCUT2D eigenvalue weighted by Gasteiger charge is 2.07. The second-order valence-corrected chi connectivity index (χ2v) is 20.3. The summed E-state index contributed by atoms with van der Waals surface area (Å²) in [6, 6.07) is 7.10. The van der Waals surface area contributed by atoms with E-state index in [0.717, 1.165) is 40.3 Å². The highest BCUT2D eigenvalue weighted by molar-refractivity contribution is 5.84. The van der Waals surface area contributed by atoms with Crippen molar-refractivity contribution in [3.63, 3.8) is 0 Å². The Morgan fingerprint density at radius 1 is 0.432 bits per heavy atom. The molecule has 6 aromatic rings. The molecule has 0 spiro atoms. The maximum Gasteiger partial charge on any atom is 0.248 e. The Labute approximate surface area is 492 Å². The van der Waals surface area contributed by atoms with Gasteiger partial charge in [-0.2, -0.15) is 20.6 Å². The zero-order valence-electron chi connectivity index (χ0n) is 56.6.